The van der Waals surface area contributed by atoms with E-state index in [9.17, 15) is 19.7 Å². The van der Waals surface area contributed by atoms with Crippen LogP contribution in [0.3, 0.4) is 0 Å². The van der Waals surface area contributed by atoms with Gasteiger partial charge in [0.15, 0.2) is 5.65 Å². The molecule has 0 aliphatic carbocycles. The molecule has 3 aromatic heterocycles. The summed E-state index contributed by atoms with van der Waals surface area (Å²) in [5, 5.41) is 23.1. The van der Waals surface area contributed by atoms with Crippen molar-refractivity contribution in [2.45, 2.75) is 6.92 Å². The van der Waals surface area contributed by atoms with E-state index in [2.05, 4.69) is 25.5 Å². The predicted octanol–water partition coefficient (Wildman–Crippen LogP) is 4.07. The first-order chi connectivity index (χ1) is 17.2. The lowest BCUT2D eigenvalue weighted by Crippen LogP contribution is -2.19. The van der Waals surface area contributed by atoms with Crippen molar-refractivity contribution in [3.8, 4) is 11.6 Å². The molecule has 2 N–H and O–H groups in total. The first kappa shape index (κ1) is 23.2. The Kier molecular flexibility index (Phi) is 5.74. The van der Waals surface area contributed by atoms with Gasteiger partial charge in [-0.25, -0.2) is 4.68 Å². The van der Waals surface area contributed by atoms with Crippen LogP contribution in [0.25, 0.3) is 22.7 Å². The zero-order valence-corrected chi connectivity index (χ0v) is 19.8. The quantitative estimate of drug-likeness (QED) is 0.259. The maximum absolute atomic E-state index is 12.9. The third-order valence-electron chi connectivity index (χ3n) is 5.18. The first-order valence-corrected chi connectivity index (χ1v) is 11.0. The van der Waals surface area contributed by atoms with E-state index in [0.717, 1.165) is 6.07 Å². The summed E-state index contributed by atoms with van der Waals surface area (Å²) < 4.78 is 2.73. The molecule has 2 aromatic carbocycles. The summed E-state index contributed by atoms with van der Waals surface area (Å²) in [5.41, 5.74) is 0.549. The maximum atomic E-state index is 12.9. The smallest absolute Gasteiger partial charge is 0.288 e. The van der Waals surface area contributed by atoms with E-state index < -0.39 is 22.1 Å². The molecule has 0 saturated carbocycles. The van der Waals surface area contributed by atoms with Gasteiger partial charge in [-0.3, -0.25) is 24.7 Å². The monoisotopic (exact) mass is 524 g/mol. The average molecular weight is 525 g/mol. The summed E-state index contributed by atoms with van der Waals surface area (Å²) >= 11 is 11.8. The number of carbonyl (C=O) groups excluding carboxylic acids is 1. The van der Waals surface area contributed by atoms with Gasteiger partial charge in [0.1, 0.15) is 16.2 Å². The fraction of sp³-hybridized carbons (Fsp3) is 0.0455. The van der Waals surface area contributed by atoms with Crippen molar-refractivity contribution in [1.82, 2.24) is 29.5 Å². The number of rotatable bonds is 5. The van der Waals surface area contributed by atoms with Crippen molar-refractivity contribution in [3.05, 3.63) is 96.5 Å². The molecule has 1 amide bonds. The van der Waals surface area contributed by atoms with Crippen LogP contribution < -0.4 is 10.9 Å². The van der Waals surface area contributed by atoms with E-state index in [1.54, 1.807) is 37.3 Å². The molecule has 0 spiro atoms. The second kappa shape index (κ2) is 8.91. The Morgan fingerprint density at radius 1 is 1.11 bits per heavy atom. The van der Waals surface area contributed by atoms with Crippen LogP contribution in [0.2, 0.25) is 10.0 Å². The normalized spacial score (nSPS) is 11.1. The van der Waals surface area contributed by atoms with Crippen molar-refractivity contribution in [2.24, 2.45) is 0 Å². The number of aromatic nitrogens is 6. The van der Waals surface area contributed by atoms with Gasteiger partial charge in [-0.15, -0.1) is 0 Å². The molecule has 5 rings (SSSR count). The van der Waals surface area contributed by atoms with E-state index >= 15 is 0 Å². The Bertz CT molecular complexity index is 1720. The molecule has 36 heavy (non-hydrogen) atoms. The molecule has 0 fully saturated rings. The molecule has 0 unspecified atom stereocenters. The van der Waals surface area contributed by atoms with E-state index in [4.69, 9.17) is 23.2 Å². The zero-order chi connectivity index (χ0) is 25.6. The van der Waals surface area contributed by atoms with E-state index in [0.29, 0.717) is 16.4 Å². The first-order valence-electron chi connectivity index (χ1n) is 10.3. The van der Waals surface area contributed by atoms with Crippen LogP contribution in [0.5, 0.6) is 0 Å². The number of halogens is 2. The number of nitrogens with one attached hydrogen (secondary N) is 2. The van der Waals surface area contributed by atoms with Crippen LogP contribution in [0.15, 0.2) is 59.5 Å². The molecule has 0 radical (unpaired) electrons. The van der Waals surface area contributed by atoms with Gasteiger partial charge in [-0.1, -0.05) is 23.2 Å². The number of hydrogen-bond donors (Lipinski definition) is 2. The number of hydrogen-bond acceptors (Lipinski definition) is 7. The number of H-pyrrole nitrogens is 1. The Labute approximate surface area is 211 Å². The summed E-state index contributed by atoms with van der Waals surface area (Å²) in [5.74, 6) is -0.450. The van der Waals surface area contributed by atoms with Crippen LogP contribution >= 0.6 is 23.2 Å². The molecule has 0 atom stereocenters. The summed E-state index contributed by atoms with van der Waals surface area (Å²) in [6, 6.07) is 12.1. The number of nitro benzene ring substituents is 1. The Balaban J connectivity index is 1.56. The number of carbonyl (C=O) groups is 1. The summed E-state index contributed by atoms with van der Waals surface area (Å²) in [7, 11) is 0. The van der Waals surface area contributed by atoms with E-state index in [-0.39, 0.29) is 33.4 Å². The second-order valence-corrected chi connectivity index (χ2v) is 8.46. The molecule has 180 valence electrons. The van der Waals surface area contributed by atoms with Crippen molar-refractivity contribution >= 4 is 51.6 Å². The highest BCUT2D eigenvalue weighted by Crippen LogP contribution is 2.26. The molecular formula is C22H14Cl2N8O4. The van der Waals surface area contributed by atoms with Crippen LogP contribution in [-0.4, -0.2) is 40.4 Å². The maximum Gasteiger partial charge on any atom is 0.288 e. The standard InChI is InChI=1S/C22H14Cl2N8O4/c1-11-8-18(26-20(33)12-2-7-16(24)17(9-12)32(35)36)31(29-11)22-27-19-15(21(34)28-22)10-25-30(19)14-5-3-13(23)4-6-14/h2-10H,1H3,(H,26,33)(H,27,28,34). The van der Waals surface area contributed by atoms with Gasteiger partial charge < -0.3 is 5.32 Å². The van der Waals surface area contributed by atoms with E-state index in [1.165, 1.54) is 27.7 Å². The van der Waals surface area contributed by atoms with Gasteiger partial charge in [0.25, 0.3) is 17.2 Å². The Hall–Kier alpha value is -4.55. The molecule has 14 heteroatoms. The van der Waals surface area contributed by atoms with Crippen molar-refractivity contribution in [1.29, 1.82) is 0 Å². The number of fused-ring (bicyclic) bond motifs is 1. The summed E-state index contributed by atoms with van der Waals surface area (Å²) in [6.07, 6.45) is 1.39. The minimum atomic E-state index is -0.679. The lowest BCUT2D eigenvalue weighted by atomic mass is 10.2. The molecule has 0 saturated heterocycles. The van der Waals surface area contributed by atoms with Gasteiger partial charge in [0, 0.05) is 22.7 Å². The minimum absolute atomic E-state index is 0.00854. The van der Waals surface area contributed by atoms with Gasteiger partial charge >= 0.3 is 0 Å². The Morgan fingerprint density at radius 3 is 2.58 bits per heavy atom. The molecule has 5 aromatic rings. The van der Waals surface area contributed by atoms with E-state index in [1.807, 2.05) is 0 Å². The van der Waals surface area contributed by atoms with Crippen LogP contribution in [-0.2, 0) is 0 Å². The largest absolute Gasteiger partial charge is 0.306 e. The zero-order valence-electron chi connectivity index (χ0n) is 18.3. The Morgan fingerprint density at radius 2 is 1.86 bits per heavy atom. The molecule has 12 nitrogen and oxygen atoms in total. The van der Waals surface area contributed by atoms with Crippen molar-refractivity contribution in [2.75, 3.05) is 5.32 Å². The van der Waals surface area contributed by atoms with Gasteiger partial charge in [-0.2, -0.15) is 19.9 Å². The number of benzene rings is 2. The summed E-state index contributed by atoms with van der Waals surface area (Å²) in [4.78, 5) is 43.3. The van der Waals surface area contributed by atoms with Gasteiger partial charge in [0.2, 0.25) is 5.95 Å². The molecular weight excluding hydrogens is 511 g/mol. The van der Waals surface area contributed by atoms with Gasteiger partial charge in [0.05, 0.1) is 22.5 Å². The number of anilines is 1. The number of nitrogens with zero attached hydrogens (tertiary/aromatic N) is 6. The highest BCUT2D eigenvalue weighted by molar-refractivity contribution is 6.32. The number of nitro groups is 1. The second-order valence-electron chi connectivity index (χ2n) is 7.62. The van der Waals surface area contributed by atoms with Crippen molar-refractivity contribution < 1.29 is 9.72 Å². The third kappa shape index (κ3) is 4.19. The van der Waals surface area contributed by atoms with Crippen molar-refractivity contribution in [3.63, 3.8) is 0 Å². The fourth-order valence-corrected chi connectivity index (χ4v) is 3.82. The molecule has 0 aliphatic rings. The topological polar surface area (TPSA) is 154 Å². The predicted molar refractivity (Wildman–Crippen MR) is 132 cm³/mol. The lowest BCUT2D eigenvalue weighted by molar-refractivity contribution is -0.384. The van der Waals surface area contributed by atoms with Gasteiger partial charge in [-0.05, 0) is 43.3 Å². The third-order valence-corrected chi connectivity index (χ3v) is 5.75. The highest BCUT2D eigenvalue weighted by Gasteiger charge is 2.20. The highest BCUT2D eigenvalue weighted by atomic mass is 35.5. The molecule has 0 bridgehead atoms. The molecule has 0 aliphatic heterocycles. The number of aryl methyl sites for hydroxylation is 1. The number of amides is 1. The van der Waals surface area contributed by atoms with Crippen LogP contribution in [0.1, 0.15) is 16.1 Å². The number of aromatic amines is 1. The average Bonchev–Trinajstić information content (AvgIpc) is 3.43. The lowest BCUT2D eigenvalue weighted by Gasteiger charge is -2.09. The van der Waals surface area contributed by atoms with Crippen LogP contribution in [0, 0.1) is 17.0 Å². The SMILES string of the molecule is Cc1cc(NC(=O)c2ccc(Cl)c([N+](=O)[O-])c2)n(-c2nc3c(cnn3-c3ccc(Cl)cc3)c(=O)[nH]2)n1. The van der Waals surface area contributed by atoms with Crippen LogP contribution in [0.4, 0.5) is 11.5 Å². The summed E-state index contributed by atoms with van der Waals surface area (Å²) in [6.45, 7) is 1.69. The molecule has 3 heterocycles. The minimum Gasteiger partial charge on any atom is -0.306 e. The fourth-order valence-electron chi connectivity index (χ4n) is 3.51.